The van der Waals surface area contributed by atoms with Gasteiger partial charge in [-0.05, 0) is 48.0 Å². The molecule has 0 atom stereocenters. The van der Waals surface area contributed by atoms with Crippen LogP contribution in [0.1, 0.15) is 21.5 Å². The van der Waals surface area contributed by atoms with Crippen LogP contribution in [0.25, 0.3) is 6.08 Å². The van der Waals surface area contributed by atoms with Crippen molar-refractivity contribution in [2.24, 2.45) is 0 Å². The van der Waals surface area contributed by atoms with Crippen molar-refractivity contribution < 1.29 is 19.0 Å². The van der Waals surface area contributed by atoms with Crippen LogP contribution in [-0.4, -0.2) is 19.5 Å². The number of ketones is 1. The average molecular weight is 441 g/mol. The lowest BCUT2D eigenvalue weighted by molar-refractivity contribution is 0.100. The van der Waals surface area contributed by atoms with E-state index in [0.29, 0.717) is 38.4 Å². The van der Waals surface area contributed by atoms with E-state index in [9.17, 15) is 4.79 Å². The zero-order chi connectivity index (χ0) is 21.1. The number of benzene rings is 3. The molecular formula is C24H18Cl2O4. The van der Waals surface area contributed by atoms with Gasteiger partial charge in [-0.25, -0.2) is 0 Å². The molecule has 3 aromatic rings. The number of halogens is 2. The number of ether oxygens (including phenoxy) is 3. The summed E-state index contributed by atoms with van der Waals surface area (Å²) in [7, 11) is 1.57. The third kappa shape index (κ3) is 4.30. The average Bonchev–Trinajstić information content (AvgIpc) is 2.76. The fourth-order valence-electron chi connectivity index (χ4n) is 3.17. The van der Waals surface area contributed by atoms with Crippen LogP contribution < -0.4 is 14.2 Å². The molecule has 0 aromatic heterocycles. The molecule has 152 valence electrons. The van der Waals surface area contributed by atoms with E-state index in [1.54, 1.807) is 43.5 Å². The Labute approximate surface area is 184 Å². The lowest BCUT2D eigenvalue weighted by Gasteiger charge is -2.18. The molecule has 0 saturated carbocycles. The molecule has 1 heterocycles. The number of rotatable bonds is 5. The van der Waals surface area contributed by atoms with Gasteiger partial charge in [0, 0.05) is 21.2 Å². The molecule has 0 radical (unpaired) electrons. The number of fused-ring (bicyclic) bond motifs is 1. The molecule has 0 aliphatic carbocycles. The van der Waals surface area contributed by atoms with Crippen molar-refractivity contribution in [1.82, 2.24) is 0 Å². The van der Waals surface area contributed by atoms with Gasteiger partial charge in [-0.1, -0.05) is 47.5 Å². The molecule has 0 unspecified atom stereocenters. The van der Waals surface area contributed by atoms with Crippen molar-refractivity contribution in [2.45, 2.75) is 6.61 Å². The van der Waals surface area contributed by atoms with E-state index < -0.39 is 0 Å². The van der Waals surface area contributed by atoms with E-state index in [-0.39, 0.29) is 19.0 Å². The quantitative estimate of drug-likeness (QED) is 0.440. The number of hydrogen-bond donors (Lipinski definition) is 0. The van der Waals surface area contributed by atoms with E-state index >= 15 is 0 Å². The first-order chi connectivity index (χ1) is 14.5. The normalized spacial score (nSPS) is 14.2. The summed E-state index contributed by atoms with van der Waals surface area (Å²) in [6.45, 7) is 0.501. The summed E-state index contributed by atoms with van der Waals surface area (Å²) in [6.07, 6.45) is 1.81. The Bertz CT molecular complexity index is 1140. The summed E-state index contributed by atoms with van der Waals surface area (Å²) in [4.78, 5) is 12.7. The molecule has 3 aromatic carbocycles. The van der Waals surface area contributed by atoms with Gasteiger partial charge >= 0.3 is 0 Å². The first-order valence-corrected chi connectivity index (χ1v) is 10.0. The van der Waals surface area contributed by atoms with Crippen molar-refractivity contribution in [1.29, 1.82) is 0 Å². The highest BCUT2D eigenvalue weighted by Crippen LogP contribution is 2.32. The highest BCUT2D eigenvalue weighted by Gasteiger charge is 2.22. The first kappa shape index (κ1) is 20.3. The van der Waals surface area contributed by atoms with Gasteiger partial charge in [0.1, 0.15) is 19.0 Å². The minimum atomic E-state index is -0.0338. The van der Waals surface area contributed by atoms with Gasteiger partial charge in [-0.15, -0.1) is 0 Å². The summed E-state index contributed by atoms with van der Waals surface area (Å²) < 4.78 is 17.1. The highest BCUT2D eigenvalue weighted by molar-refractivity contribution is 6.35. The van der Waals surface area contributed by atoms with Crippen molar-refractivity contribution >= 4 is 35.1 Å². The molecule has 0 bridgehead atoms. The summed E-state index contributed by atoms with van der Waals surface area (Å²) in [5.74, 6) is 1.71. The van der Waals surface area contributed by atoms with Crippen molar-refractivity contribution in [3.8, 4) is 17.2 Å². The number of carbonyl (C=O) groups excluding carboxylic acids is 1. The molecule has 1 aliphatic heterocycles. The largest absolute Gasteiger partial charge is 0.493 e. The summed E-state index contributed by atoms with van der Waals surface area (Å²) >= 11 is 12.1. The number of Topliss-reactive ketones (excluding diaryl/α,β-unsaturated/α-hetero) is 1. The lowest BCUT2D eigenvalue weighted by atomic mass is 9.98. The Hall–Kier alpha value is -2.95. The van der Waals surface area contributed by atoms with Crippen molar-refractivity contribution in [3.63, 3.8) is 0 Å². The topological polar surface area (TPSA) is 44.8 Å². The molecule has 6 heteroatoms. The fourth-order valence-corrected chi connectivity index (χ4v) is 3.63. The van der Waals surface area contributed by atoms with Gasteiger partial charge < -0.3 is 14.2 Å². The fraction of sp³-hybridized carbons (Fsp3) is 0.125. The maximum atomic E-state index is 12.7. The minimum absolute atomic E-state index is 0.0338. The number of methoxy groups -OCH3 is 1. The predicted octanol–water partition coefficient (Wildman–Crippen LogP) is 6.24. The van der Waals surface area contributed by atoms with E-state index in [1.807, 2.05) is 30.3 Å². The Morgan fingerprint density at radius 3 is 2.67 bits per heavy atom. The van der Waals surface area contributed by atoms with E-state index in [4.69, 9.17) is 37.4 Å². The monoisotopic (exact) mass is 440 g/mol. The van der Waals surface area contributed by atoms with Gasteiger partial charge in [-0.2, -0.15) is 0 Å². The second-order valence-electron chi connectivity index (χ2n) is 6.72. The van der Waals surface area contributed by atoms with Gasteiger partial charge in [0.05, 0.1) is 12.7 Å². The Balaban J connectivity index is 1.54. The van der Waals surface area contributed by atoms with Crippen LogP contribution in [0.3, 0.4) is 0 Å². The number of carbonyl (C=O) groups is 1. The third-order valence-corrected chi connectivity index (χ3v) is 5.32. The zero-order valence-corrected chi connectivity index (χ0v) is 17.7. The summed E-state index contributed by atoms with van der Waals surface area (Å²) in [5, 5.41) is 1.11. The molecule has 0 N–H and O–H groups in total. The van der Waals surface area contributed by atoms with Gasteiger partial charge in [0.2, 0.25) is 0 Å². The van der Waals surface area contributed by atoms with Crippen LogP contribution in [-0.2, 0) is 6.61 Å². The third-order valence-electron chi connectivity index (χ3n) is 4.73. The van der Waals surface area contributed by atoms with Gasteiger partial charge in [0.15, 0.2) is 17.3 Å². The summed E-state index contributed by atoms with van der Waals surface area (Å²) in [5.41, 5.74) is 2.78. The molecule has 30 heavy (non-hydrogen) atoms. The maximum absolute atomic E-state index is 12.7. The Morgan fingerprint density at radius 1 is 1.03 bits per heavy atom. The van der Waals surface area contributed by atoms with Crippen molar-refractivity contribution in [3.05, 3.63) is 93.0 Å². The Kier molecular flexibility index (Phi) is 5.98. The molecule has 4 nitrogen and oxygen atoms in total. The van der Waals surface area contributed by atoms with Crippen LogP contribution in [0.15, 0.2) is 66.2 Å². The van der Waals surface area contributed by atoms with Gasteiger partial charge in [-0.3, -0.25) is 4.79 Å². The number of hydrogen-bond acceptors (Lipinski definition) is 4. The van der Waals surface area contributed by atoms with Crippen LogP contribution in [0.4, 0.5) is 0 Å². The molecule has 1 aliphatic rings. The molecular weight excluding hydrogens is 423 g/mol. The molecule has 0 amide bonds. The molecule has 0 saturated heterocycles. The van der Waals surface area contributed by atoms with E-state index in [0.717, 1.165) is 11.1 Å². The molecule has 4 rings (SSSR count). The molecule has 0 fully saturated rings. The van der Waals surface area contributed by atoms with E-state index in [1.165, 1.54) is 0 Å². The number of para-hydroxylation sites is 1. The minimum Gasteiger partial charge on any atom is -0.493 e. The zero-order valence-electron chi connectivity index (χ0n) is 16.2. The second-order valence-corrected chi connectivity index (χ2v) is 7.56. The van der Waals surface area contributed by atoms with Gasteiger partial charge in [0.25, 0.3) is 0 Å². The summed E-state index contributed by atoms with van der Waals surface area (Å²) in [6, 6.07) is 18.0. The SMILES string of the molecule is COc1cc(C=C2COc3ccccc3C2=O)ccc1OCc1ccc(Cl)cc1Cl. The molecule has 0 spiro atoms. The highest BCUT2D eigenvalue weighted by atomic mass is 35.5. The standard InChI is InChI=1S/C24H18Cl2O4/c1-28-23-11-15(10-17-14-29-21-5-3-2-4-19(21)24(17)27)6-9-22(23)30-13-16-7-8-18(25)12-20(16)26/h2-12H,13-14H2,1H3. The first-order valence-electron chi connectivity index (χ1n) is 9.27. The Morgan fingerprint density at radius 2 is 1.87 bits per heavy atom. The second kappa shape index (κ2) is 8.82. The van der Waals surface area contributed by atoms with E-state index in [2.05, 4.69) is 0 Å². The predicted molar refractivity (Wildman–Crippen MR) is 118 cm³/mol. The maximum Gasteiger partial charge on any atom is 0.196 e. The van der Waals surface area contributed by atoms with Crippen LogP contribution >= 0.6 is 23.2 Å². The van der Waals surface area contributed by atoms with Crippen LogP contribution in [0, 0.1) is 0 Å². The smallest absolute Gasteiger partial charge is 0.196 e. The van der Waals surface area contributed by atoms with Crippen molar-refractivity contribution in [2.75, 3.05) is 13.7 Å². The van der Waals surface area contributed by atoms with Crippen LogP contribution in [0.2, 0.25) is 10.0 Å². The van der Waals surface area contributed by atoms with Crippen LogP contribution in [0.5, 0.6) is 17.2 Å². The lowest BCUT2D eigenvalue weighted by Crippen LogP contribution is -2.18.